The van der Waals surface area contributed by atoms with Gasteiger partial charge < -0.3 is 10.2 Å². The van der Waals surface area contributed by atoms with Gasteiger partial charge >= 0.3 is 0 Å². The first kappa shape index (κ1) is 14.2. The van der Waals surface area contributed by atoms with E-state index in [4.69, 9.17) is 5.11 Å². The van der Waals surface area contributed by atoms with Gasteiger partial charge in [0.25, 0.3) is 0 Å². The molecule has 0 heterocycles. The van der Waals surface area contributed by atoms with E-state index in [1.165, 1.54) is 12.1 Å². The molecule has 1 aromatic rings. The summed E-state index contributed by atoms with van der Waals surface area (Å²) >= 11 is 0. The van der Waals surface area contributed by atoms with Gasteiger partial charge in [0, 0.05) is 12.5 Å². The number of aliphatic hydroxyl groups excluding tert-OH is 2. The molecule has 0 aliphatic heterocycles. The van der Waals surface area contributed by atoms with Gasteiger partial charge in [-0.15, -0.1) is 0 Å². The molecule has 1 rings (SSSR count). The zero-order valence-electron chi connectivity index (χ0n) is 9.78. The van der Waals surface area contributed by atoms with Crippen molar-refractivity contribution in [2.24, 2.45) is 5.92 Å². The molecule has 0 fully saturated rings. The highest BCUT2D eigenvalue weighted by atomic mass is 32.2. The predicted molar refractivity (Wildman–Crippen MR) is 65.4 cm³/mol. The third-order valence-corrected chi connectivity index (χ3v) is 4.49. The smallest absolute Gasteiger partial charge is 0.178 e. The Morgan fingerprint density at radius 2 is 1.82 bits per heavy atom. The topological polar surface area (TPSA) is 74.6 Å². The number of rotatable bonds is 6. The maximum Gasteiger partial charge on any atom is 0.178 e. The van der Waals surface area contributed by atoms with E-state index in [0.717, 1.165) is 0 Å². The number of sulfone groups is 1. The molecule has 4 nitrogen and oxygen atoms in total. The van der Waals surface area contributed by atoms with Crippen molar-refractivity contribution in [3.05, 3.63) is 30.3 Å². The summed E-state index contributed by atoms with van der Waals surface area (Å²) in [6, 6.07) is 8.16. The minimum atomic E-state index is -3.34. The summed E-state index contributed by atoms with van der Waals surface area (Å²) in [6.07, 6.45) is -0.655. The van der Waals surface area contributed by atoms with Crippen molar-refractivity contribution in [2.45, 2.75) is 24.3 Å². The zero-order valence-corrected chi connectivity index (χ0v) is 10.6. The van der Waals surface area contributed by atoms with Gasteiger partial charge in [-0.25, -0.2) is 8.42 Å². The van der Waals surface area contributed by atoms with Gasteiger partial charge in [-0.1, -0.05) is 25.1 Å². The second kappa shape index (κ2) is 6.14. The molecule has 2 atom stereocenters. The molecular formula is C12H18O4S. The maximum absolute atomic E-state index is 11.9. The first-order chi connectivity index (χ1) is 7.97. The van der Waals surface area contributed by atoms with Crippen LogP contribution in [0, 0.1) is 5.92 Å². The Morgan fingerprint density at radius 1 is 1.24 bits per heavy atom. The maximum atomic E-state index is 11.9. The van der Waals surface area contributed by atoms with Crippen LogP contribution < -0.4 is 0 Å². The van der Waals surface area contributed by atoms with Crippen LogP contribution in [0.5, 0.6) is 0 Å². The number of hydrogen-bond acceptors (Lipinski definition) is 4. The molecule has 0 saturated heterocycles. The molecule has 96 valence electrons. The quantitative estimate of drug-likeness (QED) is 0.793. The molecule has 0 amide bonds. The Bertz CT molecular complexity index is 427. The molecule has 0 aliphatic carbocycles. The highest BCUT2D eigenvalue weighted by Crippen LogP contribution is 2.14. The van der Waals surface area contributed by atoms with Crippen molar-refractivity contribution in [3.8, 4) is 0 Å². The van der Waals surface area contributed by atoms with Gasteiger partial charge in [-0.05, 0) is 18.6 Å². The molecule has 17 heavy (non-hydrogen) atoms. The van der Waals surface area contributed by atoms with E-state index in [9.17, 15) is 13.5 Å². The van der Waals surface area contributed by atoms with Crippen LogP contribution in [0.1, 0.15) is 13.3 Å². The summed E-state index contributed by atoms with van der Waals surface area (Å²) in [7, 11) is -3.34. The Hall–Kier alpha value is -0.910. The highest BCUT2D eigenvalue weighted by Gasteiger charge is 2.19. The lowest BCUT2D eigenvalue weighted by molar-refractivity contribution is 0.0749. The van der Waals surface area contributed by atoms with Gasteiger partial charge in [0.05, 0.1) is 16.8 Å². The number of benzene rings is 1. The first-order valence-corrected chi connectivity index (χ1v) is 7.19. The van der Waals surface area contributed by atoms with E-state index in [-0.39, 0.29) is 29.6 Å². The van der Waals surface area contributed by atoms with Crippen molar-refractivity contribution in [2.75, 3.05) is 12.4 Å². The Balaban J connectivity index is 2.63. The third kappa shape index (κ3) is 4.11. The molecule has 0 bridgehead atoms. The molecule has 0 saturated carbocycles. The fourth-order valence-corrected chi connectivity index (χ4v) is 2.79. The average Bonchev–Trinajstić information content (AvgIpc) is 2.36. The van der Waals surface area contributed by atoms with E-state index < -0.39 is 15.9 Å². The van der Waals surface area contributed by atoms with Crippen LogP contribution in [0.2, 0.25) is 0 Å². The van der Waals surface area contributed by atoms with Gasteiger partial charge in [-0.3, -0.25) is 0 Å². The summed E-state index contributed by atoms with van der Waals surface area (Å²) in [6.45, 7) is 1.53. The summed E-state index contributed by atoms with van der Waals surface area (Å²) in [4.78, 5) is 0.267. The van der Waals surface area contributed by atoms with E-state index in [1.54, 1.807) is 25.1 Å². The lowest BCUT2D eigenvalue weighted by Gasteiger charge is -2.16. The minimum absolute atomic E-state index is 0.109. The molecule has 5 heteroatoms. The van der Waals surface area contributed by atoms with E-state index in [0.29, 0.717) is 0 Å². The highest BCUT2D eigenvalue weighted by molar-refractivity contribution is 7.91. The summed E-state index contributed by atoms with van der Waals surface area (Å²) < 4.78 is 23.7. The van der Waals surface area contributed by atoms with Crippen LogP contribution in [0.3, 0.4) is 0 Å². The largest absolute Gasteiger partial charge is 0.396 e. The van der Waals surface area contributed by atoms with Crippen LogP contribution in [-0.4, -0.2) is 37.1 Å². The van der Waals surface area contributed by atoms with Crippen LogP contribution in [0.25, 0.3) is 0 Å². The number of aliphatic hydroxyl groups is 2. The minimum Gasteiger partial charge on any atom is -0.396 e. The molecule has 0 unspecified atom stereocenters. The van der Waals surface area contributed by atoms with E-state index in [1.807, 2.05) is 0 Å². The van der Waals surface area contributed by atoms with Gasteiger partial charge in [-0.2, -0.15) is 0 Å². The lowest BCUT2D eigenvalue weighted by atomic mass is 10.0. The van der Waals surface area contributed by atoms with Gasteiger partial charge in [0.2, 0.25) is 0 Å². The predicted octanol–water partition coefficient (Wildman–Crippen LogP) is 0.840. The standard InChI is InChI=1S/C12H18O4S/c1-10(9-13)12(14)7-8-17(15,16)11-5-3-2-4-6-11/h2-6,10,12-14H,7-9H2,1H3/t10-,12+/m1/s1. The molecule has 0 radical (unpaired) electrons. The molecule has 0 aromatic heterocycles. The fourth-order valence-electron chi connectivity index (χ4n) is 1.43. The van der Waals surface area contributed by atoms with Gasteiger partial charge in [0.15, 0.2) is 9.84 Å². The molecule has 2 N–H and O–H groups in total. The Labute approximate surface area is 102 Å². The summed E-state index contributed by atoms with van der Waals surface area (Å²) in [5.41, 5.74) is 0. The molecule has 0 aliphatic rings. The molecular weight excluding hydrogens is 240 g/mol. The van der Waals surface area contributed by atoms with Crippen molar-refractivity contribution in [1.29, 1.82) is 0 Å². The number of hydrogen-bond donors (Lipinski definition) is 2. The van der Waals surface area contributed by atoms with E-state index in [2.05, 4.69) is 0 Å². The van der Waals surface area contributed by atoms with Gasteiger partial charge in [0.1, 0.15) is 0 Å². The monoisotopic (exact) mass is 258 g/mol. The second-order valence-corrected chi connectivity index (χ2v) is 6.26. The first-order valence-electron chi connectivity index (χ1n) is 5.54. The van der Waals surface area contributed by atoms with Crippen molar-refractivity contribution < 1.29 is 18.6 Å². The molecule has 0 spiro atoms. The normalized spacial score (nSPS) is 15.5. The van der Waals surface area contributed by atoms with Crippen LogP contribution in [0.15, 0.2) is 35.2 Å². The zero-order chi connectivity index (χ0) is 12.9. The fraction of sp³-hybridized carbons (Fsp3) is 0.500. The van der Waals surface area contributed by atoms with Crippen LogP contribution >= 0.6 is 0 Å². The van der Waals surface area contributed by atoms with Crippen molar-refractivity contribution in [3.63, 3.8) is 0 Å². The SMILES string of the molecule is C[C@H](CO)[C@@H](O)CCS(=O)(=O)c1ccccc1. The average molecular weight is 258 g/mol. The van der Waals surface area contributed by atoms with Crippen LogP contribution in [-0.2, 0) is 9.84 Å². The van der Waals surface area contributed by atoms with Crippen molar-refractivity contribution >= 4 is 9.84 Å². The van der Waals surface area contributed by atoms with Crippen molar-refractivity contribution in [1.82, 2.24) is 0 Å². The molecule has 1 aromatic carbocycles. The summed E-state index contributed by atoms with van der Waals surface area (Å²) in [5, 5.41) is 18.4. The third-order valence-electron chi connectivity index (χ3n) is 2.73. The van der Waals surface area contributed by atoms with Crippen LogP contribution in [0.4, 0.5) is 0 Å². The Kier molecular flexibility index (Phi) is 5.11. The van der Waals surface area contributed by atoms with E-state index >= 15 is 0 Å². The summed E-state index contributed by atoms with van der Waals surface area (Å²) in [5.74, 6) is -0.413. The second-order valence-electron chi connectivity index (χ2n) is 4.15. The Morgan fingerprint density at radius 3 is 2.35 bits per heavy atom. The lowest BCUT2D eigenvalue weighted by Crippen LogP contribution is -2.24.